The van der Waals surface area contributed by atoms with Crippen LogP contribution in [0.5, 0.6) is 0 Å². The summed E-state index contributed by atoms with van der Waals surface area (Å²) < 4.78 is 27.4. The molecular weight excluding hydrogens is 386 g/mol. The second-order valence-corrected chi connectivity index (χ2v) is 7.49. The highest BCUT2D eigenvalue weighted by atomic mass is 32.2. The number of benzene rings is 1. The van der Waals surface area contributed by atoms with E-state index in [-0.39, 0.29) is 35.0 Å². The van der Waals surface area contributed by atoms with Gasteiger partial charge in [-0.1, -0.05) is 62.1 Å². The molecule has 0 heterocycles. The number of allylic oxidation sites excluding steroid dienone is 7. The second kappa shape index (κ2) is 14.3. The highest BCUT2D eigenvalue weighted by Crippen LogP contribution is 2.23. The van der Waals surface area contributed by atoms with Crippen molar-refractivity contribution < 1.29 is 18.3 Å². The normalized spacial score (nSPS) is 12.1. The van der Waals surface area contributed by atoms with Gasteiger partial charge in [0.05, 0.1) is 10.6 Å². The highest BCUT2D eigenvalue weighted by Gasteiger charge is 2.20. The van der Waals surface area contributed by atoms with Gasteiger partial charge in [0.25, 0.3) is 10.0 Å². The third-order valence-corrected chi connectivity index (χ3v) is 5.30. The van der Waals surface area contributed by atoms with E-state index in [1.165, 1.54) is 18.2 Å². The monoisotopic (exact) mass is 417 g/mol. The number of carbonyl (C=O) groups excluding carboxylic acids is 1. The molecule has 29 heavy (non-hydrogen) atoms. The SMILES string of the molecule is C=C/C(=C\C=C/C)C(=O)c1ccccc1NS(=O)(=O)/C(=C/C)CCO.C=CCC. The van der Waals surface area contributed by atoms with Crippen LogP contribution in [-0.2, 0) is 10.0 Å². The fraction of sp³-hybridized carbons (Fsp3) is 0.261. The number of hydrogen-bond donors (Lipinski definition) is 2. The number of sulfonamides is 1. The molecule has 0 atom stereocenters. The smallest absolute Gasteiger partial charge is 0.257 e. The molecule has 0 aromatic heterocycles. The number of nitrogens with one attached hydrogen (secondary N) is 1. The van der Waals surface area contributed by atoms with Gasteiger partial charge in [-0.2, -0.15) is 0 Å². The summed E-state index contributed by atoms with van der Waals surface area (Å²) in [5.74, 6) is -0.337. The maximum absolute atomic E-state index is 12.7. The number of hydrogen-bond acceptors (Lipinski definition) is 4. The molecule has 0 saturated carbocycles. The molecule has 5 nitrogen and oxygen atoms in total. The quantitative estimate of drug-likeness (QED) is 0.238. The molecule has 0 amide bonds. The first-order valence-corrected chi connectivity index (χ1v) is 10.8. The van der Waals surface area contributed by atoms with Crippen LogP contribution in [0, 0.1) is 0 Å². The summed E-state index contributed by atoms with van der Waals surface area (Å²) in [6.45, 7) is 12.3. The van der Waals surface area contributed by atoms with E-state index in [1.54, 1.807) is 43.4 Å². The van der Waals surface area contributed by atoms with Gasteiger partial charge in [0.2, 0.25) is 0 Å². The molecule has 0 unspecified atom stereocenters. The molecule has 1 rings (SSSR count). The zero-order valence-corrected chi connectivity index (χ0v) is 18.2. The third-order valence-electron chi connectivity index (χ3n) is 3.68. The molecule has 0 bridgehead atoms. The Bertz CT molecular complexity index is 878. The van der Waals surface area contributed by atoms with E-state index < -0.39 is 10.0 Å². The van der Waals surface area contributed by atoms with Crippen molar-refractivity contribution in [2.75, 3.05) is 11.3 Å². The van der Waals surface area contributed by atoms with Gasteiger partial charge in [0.15, 0.2) is 5.78 Å². The van der Waals surface area contributed by atoms with Crippen LogP contribution in [0.25, 0.3) is 0 Å². The van der Waals surface area contributed by atoms with E-state index in [0.29, 0.717) is 5.57 Å². The molecular formula is C23H31NO4S. The fourth-order valence-corrected chi connectivity index (χ4v) is 3.39. The van der Waals surface area contributed by atoms with E-state index >= 15 is 0 Å². The van der Waals surface area contributed by atoms with Crippen molar-refractivity contribution in [2.24, 2.45) is 0 Å². The average Bonchev–Trinajstić information content (AvgIpc) is 2.72. The zero-order chi connectivity index (χ0) is 22.3. The molecule has 0 saturated heterocycles. The highest BCUT2D eigenvalue weighted by molar-refractivity contribution is 7.96. The summed E-state index contributed by atoms with van der Waals surface area (Å²) in [4.78, 5) is 12.8. The molecule has 158 valence electrons. The summed E-state index contributed by atoms with van der Waals surface area (Å²) in [5.41, 5.74) is 0.755. The third kappa shape index (κ3) is 8.89. The standard InChI is InChI=1S/C19H23NO4S.C4H8/c1-4-7-10-15(5-2)19(22)17-11-8-9-12-18(17)20-25(23,24)16(6-3)13-14-21;1-3-4-2/h4-12,20-21H,2,13-14H2,1,3H3;3H,1,4H2,2H3/b7-4-,15-10+,16-6+;. The van der Waals surface area contributed by atoms with E-state index in [2.05, 4.69) is 24.8 Å². The minimum atomic E-state index is -3.85. The van der Waals surface area contributed by atoms with Gasteiger partial charge in [0, 0.05) is 24.2 Å². The van der Waals surface area contributed by atoms with Gasteiger partial charge >= 0.3 is 0 Å². The maximum Gasteiger partial charge on any atom is 0.257 e. The van der Waals surface area contributed by atoms with E-state index in [0.717, 1.165) is 6.42 Å². The van der Waals surface area contributed by atoms with E-state index in [9.17, 15) is 13.2 Å². The Morgan fingerprint density at radius 2 is 1.83 bits per heavy atom. The predicted octanol–water partition coefficient (Wildman–Crippen LogP) is 5.17. The largest absolute Gasteiger partial charge is 0.396 e. The Labute approximate surface area is 174 Å². The Morgan fingerprint density at radius 1 is 1.21 bits per heavy atom. The maximum atomic E-state index is 12.7. The van der Waals surface area contributed by atoms with Crippen LogP contribution in [0.3, 0.4) is 0 Å². The first kappa shape index (κ1) is 26.3. The van der Waals surface area contributed by atoms with Gasteiger partial charge in [-0.15, -0.1) is 6.58 Å². The summed E-state index contributed by atoms with van der Waals surface area (Å²) >= 11 is 0. The summed E-state index contributed by atoms with van der Waals surface area (Å²) in [7, 11) is -3.85. The van der Waals surface area contributed by atoms with Crippen molar-refractivity contribution in [1.29, 1.82) is 0 Å². The minimum absolute atomic E-state index is 0.00104. The lowest BCUT2D eigenvalue weighted by atomic mass is 10.0. The molecule has 0 aliphatic rings. The lowest BCUT2D eigenvalue weighted by molar-refractivity contribution is 0.103. The van der Waals surface area contributed by atoms with Gasteiger partial charge in [-0.25, -0.2) is 8.42 Å². The van der Waals surface area contributed by atoms with Crippen LogP contribution in [0.4, 0.5) is 5.69 Å². The van der Waals surface area contributed by atoms with Gasteiger partial charge < -0.3 is 5.11 Å². The van der Waals surface area contributed by atoms with Crippen molar-refractivity contribution in [3.05, 3.63) is 89.9 Å². The molecule has 1 aromatic carbocycles. The van der Waals surface area contributed by atoms with E-state index in [4.69, 9.17) is 5.11 Å². The van der Waals surface area contributed by atoms with Crippen LogP contribution in [0.1, 0.15) is 44.0 Å². The molecule has 0 fully saturated rings. The van der Waals surface area contributed by atoms with Crippen molar-refractivity contribution >= 4 is 21.5 Å². The van der Waals surface area contributed by atoms with Crippen molar-refractivity contribution in [3.63, 3.8) is 0 Å². The van der Waals surface area contributed by atoms with E-state index in [1.807, 2.05) is 13.0 Å². The number of rotatable bonds is 10. The molecule has 0 aliphatic carbocycles. The first-order valence-electron chi connectivity index (χ1n) is 9.31. The zero-order valence-electron chi connectivity index (χ0n) is 17.4. The van der Waals surface area contributed by atoms with Crippen LogP contribution in [0.2, 0.25) is 0 Å². The number of carbonyl (C=O) groups is 1. The molecule has 0 aliphatic heterocycles. The molecule has 6 heteroatoms. The molecule has 1 aromatic rings. The summed E-state index contributed by atoms with van der Waals surface area (Å²) in [5, 5.41) is 9.01. The lowest BCUT2D eigenvalue weighted by Crippen LogP contribution is -2.18. The summed E-state index contributed by atoms with van der Waals surface area (Å²) in [6, 6.07) is 6.37. The number of Topliss-reactive ketones (excluding diaryl/α,β-unsaturated/α-hetero) is 1. The van der Waals surface area contributed by atoms with Crippen LogP contribution in [-0.4, -0.2) is 25.9 Å². The Morgan fingerprint density at radius 3 is 2.31 bits per heavy atom. The Kier molecular flexibility index (Phi) is 13.0. The average molecular weight is 418 g/mol. The Hall–Kier alpha value is -2.70. The summed E-state index contributed by atoms with van der Waals surface area (Å²) in [6.07, 6.45) is 10.9. The van der Waals surface area contributed by atoms with Crippen molar-refractivity contribution in [2.45, 2.75) is 33.6 Å². The van der Waals surface area contributed by atoms with Crippen LogP contribution >= 0.6 is 0 Å². The molecule has 0 radical (unpaired) electrons. The number of para-hydroxylation sites is 1. The van der Waals surface area contributed by atoms with Crippen LogP contribution < -0.4 is 4.72 Å². The first-order chi connectivity index (χ1) is 13.8. The predicted molar refractivity (Wildman–Crippen MR) is 122 cm³/mol. The van der Waals surface area contributed by atoms with Gasteiger partial charge in [-0.05, 0) is 32.4 Å². The lowest BCUT2D eigenvalue weighted by Gasteiger charge is -2.14. The molecule has 2 N–H and O–H groups in total. The van der Waals surface area contributed by atoms with Crippen molar-refractivity contribution in [1.82, 2.24) is 0 Å². The Balaban J connectivity index is 0.00000178. The topological polar surface area (TPSA) is 83.5 Å². The number of aliphatic hydroxyl groups excluding tert-OH is 1. The number of anilines is 1. The van der Waals surface area contributed by atoms with Gasteiger partial charge in [-0.3, -0.25) is 9.52 Å². The number of ketones is 1. The minimum Gasteiger partial charge on any atom is -0.396 e. The van der Waals surface area contributed by atoms with Crippen LogP contribution in [0.15, 0.2) is 84.4 Å². The number of aliphatic hydroxyl groups is 1. The van der Waals surface area contributed by atoms with Crippen molar-refractivity contribution in [3.8, 4) is 0 Å². The second-order valence-electron chi connectivity index (χ2n) is 5.76. The van der Waals surface area contributed by atoms with Gasteiger partial charge in [0.1, 0.15) is 0 Å². The fourth-order valence-electron chi connectivity index (χ4n) is 2.12. The molecule has 0 spiro atoms.